The Hall–Kier alpha value is -1.30. The number of nitrogens with zero attached hydrogens (tertiary/aromatic N) is 1. The van der Waals surface area contributed by atoms with Gasteiger partial charge in [0.2, 0.25) is 6.54 Å². The Morgan fingerprint density at radius 2 is 1.62 bits per heavy atom. The van der Waals surface area contributed by atoms with Gasteiger partial charge in [-0.05, 0) is 25.7 Å². The first-order chi connectivity index (χ1) is 10.3. The number of hydrogen-bond acceptors (Lipinski definition) is 2. The van der Waals surface area contributed by atoms with E-state index in [1.165, 1.54) is 38.5 Å². The average molecular weight is 293 g/mol. The summed E-state index contributed by atoms with van der Waals surface area (Å²) in [5, 5.41) is 10.1. The number of nitro groups is 1. The van der Waals surface area contributed by atoms with Crippen LogP contribution in [0.3, 0.4) is 0 Å². The minimum absolute atomic E-state index is 0.127. The Balaban J connectivity index is 3.20. The van der Waals surface area contributed by atoms with E-state index in [9.17, 15) is 10.1 Å². The van der Waals surface area contributed by atoms with Gasteiger partial charge in [-0.25, -0.2) is 0 Å². The summed E-state index contributed by atoms with van der Waals surface area (Å²) >= 11 is 0. The molecule has 0 amide bonds. The van der Waals surface area contributed by atoms with Crippen molar-refractivity contribution in [1.82, 2.24) is 0 Å². The molecule has 0 spiro atoms. The van der Waals surface area contributed by atoms with Crippen LogP contribution in [0.2, 0.25) is 0 Å². The van der Waals surface area contributed by atoms with Crippen LogP contribution in [0, 0.1) is 22.0 Å². The molecule has 0 radical (unpaired) electrons. The van der Waals surface area contributed by atoms with Gasteiger partial charge in [-0.2, -0.15) is 0 Å². The quantitative estimate of drug-likeness (QED) is 0.147. The summed E-state index contributed by atoms with van der Waals surface area (Å²) in [6.07, 6.45) is 17.7. The van der Waals surface area contributed by atoms with Crippen molar-refractivity contribution in [3.63, 3.8) is 0 Å². The van der Waals surface area contributed by atoms with Crippen molar-refractivity contribution < 1.29 is 4.92 Å². The molecule has 0 aromatic rings. The van der Waals surface area contributed by atoms with Gasteiger partial charge < -0.3 is 0 Å². The Bertz CT molecular complexity index is 326. The first-order valence-corrected chi connectivity index (χ1v) is 8.50. The number of unbranched alkanes of at least 4 members (excludes halogenated alkanes) is 9. The second-order valence-electron chi connectivity index (χ2n) is 5.45. The number of allylic oxidation sites excluding steroid dienone is 2. The highest BCUT2D eigenvalue weighted by Gasteiger charge is 1.96. The van der Waals surface area contributed by atoms with Crippen molar-refractivity contribution in [3.05, 3.63) is 22.3 Å². The van der Waals surface area contributed by atoms with Crippen LogP contribution in [0.25, 0.3) is 0 Å². The van der Waals surface area contributed by atoms with E-state index in [4.69, 9.17) is 0 Å². The molecule has 0 atom stereocenters. The molecule has 0 aliphatic rings. The van der Waals surface area contributed by atoms with Gasteiger partial charge in [0.1, 0.15) is 0 Å². The smallest absolute Gasteiger partial charge is 0.203 e. The lowest BCUT2D eigenvalue weighted by Gasteiger charge is -1.98. The summed E-state index contributed by atoms with van der Waals surface area (Å²) in [5.74, 6) is 6.40. The monoisotopic (exact) mass is 293 g/mol. The fraction of sp³-hybridized carbons (Fsp3) is 0.778. The second-order valence-corrected chi connectivity index (χ2v) is 5.45. The zero-order valence-corrected chi connectivity index (χ0v) is 13.6. The Labute approximate surface area is 130 Å². The van der Waals surface area contributed by atoms with E-state index >= 15 is 0 Å². The van der Waals surface area contributed by atoms with E-state index in [0.717, 1.165) is 38.5 Å². The Kier molecular flexibility index (Phi) is 15.7. The van der Waals surface area contributed by atoms with Crippen LogP contribution in [0.5, 0.6) is 0 Å². The van der Waals surface area contributed by atoms with Crippen LogP contribution < -0.4 is 0 Å². The molecule has 0 aromatic heterocycles. The molecule has 0 saturated carbocycles. The highest BCUT2D eigenvalue weighted by molar-refractivity contribution is 5.04. The first-order valence-electron chi connectivity index (χ1n) is 8.50. The van der Waals surface area contributed by atoms with Crippen molar-refractivity contribution in [2.75, 3.05) is 6.54 Å². The van der Waals surface area contributed by atoms with Crippen molar-refractivity contribution in [2.45, 2.75) is 84.0 Å². The molecule has 0 saturated heterocycles. The van der Waals surface area contributed by atoms with Crippen LogP contribution in [0.15, 0.2) is 12.2 Å². The molecule has 0 bridgehead atoms. The fourth-order valence-electron chi connectivity index (χ4n) is 2.09. The Morgan fingerprint density at radius 3 is 2.33 bits per heavy atom. The third-order valence-corrected chi connectivity index (χ3v) is 3.38. The van der Waals surface area contributed by atoms with Crippen molar-refractivity contribution in [1.29, 1.82) is 0 Å². The molecule has 0 aliphatic carbocycles. The maximum atomic E-state index is 10.1. The molecule has 3 heteroatoms. The highest BCUT2D eigenvalue weighted by atomic mass is 16.6. The molecular formula is C18H31NO2. The standard InChI is InChI=1S/C18H31NO2/c1-2-3-4-5-6-7-8-9-10-11-12-13-14-15-16-17-18-19(20)21/h9-10H,2-5,8,11-18H2,1H3. The van der Waals surface area contributed by atoms with E-state index in [2.05, 4.69) is 30.9 Å². The summed E-state index contributed by atoms with van der Waals surface area (Å²) in [7, 11) is 0. The van der Waals surface area contributed by atoms with Crippen LogP contribution in [-0.2, 0) is 0 Å². The summed E-state index contributed by atoms with van der Waals surface area (Å²) in [4.78, 5) is 9.91. The predicted molar refractivity (Wildman–Crippen MR) is 89.9 cm³/mol. The van der Waals surface area contributed by atoms with Crippen LogP contribution >= 0.6 is 0 Å². The minimum Gasteiger partial charge on any atom is -0.265 e. The minimum atomic E-state index is -0.225. The van der Waals surface area contributed by atoms with Gasteiger partial charge in [-0.3, -0.25) is 10.1 Å². The average Bonchev–Trinajstić information content (AvgIpc) is 2.46. The van der Waals surface area contributed by atoms with Crippen LogP contribution in [0.1, 0.15) is 84.0 Å². The van der Waals surface area contributed by atoms with Gasteiger partial charge in [-0.1, -0.05) is 57.1 Å². The zero-order chi connectivity index (χ0) is 15.6. The molecule has 0 aliphatic heterocycles. The van der Waals surface area contributed by atoms with Gasteiger partial charge >= 0.3 is 0 Å². The third kappa shape index (κ3) is 18.7. The highest BCUT2D eigenvalue weighted by Crippen LogP contribution is 2.07. The molecule has 0 rings (SSSR count). The lowest BCUT2D eigenvalue weighted by molar-refractivity contribution is -0.480. The van der Waals surface area contributed by atoms with E-state index < -0.39 is 0 Å². The first kappa shape index (κ1) is 19.7. The maximum Gasteiger partial charge on any atom is 0.203 e. The van der Waals surface area contributed by atoms with E-state index in [0.29, 0.717) is 0 Å². The molecule has 21 heavy (non-hydrogen) atoms. The van der Waals surface area contributed by atoms with E-state index in [1.54, 1.807) is 0 Å². The largest absolute Gasteiger partial charge is 0.265 e. The lowest BCUT2D eigenvalue weighted by atomic mass is 10.1. The molecule has 0 unspecified atom stereocenters. The summed E-state index contributed by atoms with van der Waals surface area (Å²) < 4.78 is 0. The molecule has 0 heterocycles. The SMILES string of the molecule is CCCCCC#CCC=CCCCCCCCC[N+](=O)[O-]. The fourth-order valence-corrected chi connectivity index (χ4v) is 2.09. The topological polar surface area (TPSA) is 43.1 Å². The van der Waals surface area contributed by atoms with Gasteiger partial charge in [0.25, 0.3) is 0 Å². The van der Waals surface area contributed by atoms with Crippen molar-refractivity contribution >= 4 is 0 Å². The summed E-state index contributed by atoms with van der Waals surface area (Å²) in [6, 6.07) is 0. The van der Waals surface area contributed by atoms with Crippen LogP contribution in [-0.4, -0.2) is 11.5 Å². The summed E-state index contributed by atoms with van der Waals surface area (Å²) in [5.41, 5.74) is 0. The van der Waals surface area contributed by atoms with Gasteiger partial charge in [0, 0.05) is 24.2 Å². The molecular weight excluding hydrogens is 262 g/mol. The summed E-state index contributed by atoms with van der Waals surface area (Å²) in [6.45, 7) is 2.34. The molecule has 3 nitrogen and oxygen atoms in total. The molecule has 0 aromatic carbocycles. The lowest BCUT2D eigenvalue weighted by Crippen LogP contribution is -1.99. The second kappa shape index (κ2) is 16.8. The van der Waals surface area contributed by atoms with Crippen molar-refractivity contribution in [2.24, 2.45) is 0 Å². The number of hydrogen-bond donors (Lipinski definition) is 0. The van der Waals surface area contributed by atoms with Gasteiger partial charge in [0.15, 0.2) is 0 Å². The molecule has 120 valence electrons. The van der Waals surface area contributed by atoms with Crippen LogP contribution in [0.4, 0.5) is 0 Å². The molecule has 0 N–H and O–H groups in total. The van der Waals surface area contributed by atoms with E-state index in [-0.39, 0.29) is 11.5 Å². The maximum absolute atomic E-state index is 10.1. The van der Waals surface area contributed by atoms with Crippen molar-refractivity contribution in [3.8, 4) is 11.8 Å². The Morgan fingerprint density at radius 1 is 0.905 bits per heavy atom. The normalized spacial score (nSPS) is 10.5. The van der Waals surface area contributed by atoms with E-state index in [1.807, 2.05) is 0 Å². The molecule has 0 fully saturated rings. The predicted octanol–water partition coefficient (Wildman–Crippen LogP) is 5.52. The third-order valence-electron chi connectivity index (χ3n) is 3.38. The van der Waals surface area contributed by atoms with Gasteiger partial charge in [0.05, 0.1) is 0 Å². The zero-order valence-electron chi connectivity index (χ0n) is 13.6. The van der Waals surface area contributed by atoms with Gasteiger partial charge in [-0.15, -0.1) is 5.92 Å². The number of rotatable bonds is 13.